The first kappa shape index (κ1) is 9.47. The molecule has 0 bridgehead atoms. The number of Topliss-reactive ketones (excluding diaryl/α,β-unsaturated/α-hetero) is 1. The first-order valence-corrected chi connectivity index (χ1v) is 5.66. The number of hydrogen-bond donors (Lipinski definition) is 1. The van der Waals surface area contributed by atoms with Gasteiger partial charge in [0.2, 0.25) is 0 Å². The van der Waals surface area contributed by atoms with E-state index in [-0.39, 0.29) is 0 Å². The summed E-state index contributed by atoms with van der Waals surface area (Å²) in [5.41, 5.74) is 2.60. The Morgan fingerprint density at radius 3 is 2.81 bits per heavy atom. The van der Waals surface area contributed by atoms with Crippen molar-refractivity contribution in [2.45, 2.75) is 13.8 Å². The number of carbonyl (C=O) groups excluding carboxylic acids is 2. The molecule has 4 nitrogen and oxygen atoms in total. The number of aromatic nitrogens is 1. The van der Waals surface area contributed by atoms with Crippen LogP contribution in [0.15, 0.2) is 6.07 Å². The number of rotatable bonds is 0. The highest BCUT2D eigenvalue weighted by molar-refractivity contribution is 7.22. The van der Waals surface area contributed by atoms with E-state index in [1.807, 2.05) is 19.9 Å². The minimum Gasteiger partial charge on any atom is -0.317 e. The zero-order chi connectivity index (χ0) is 11.4. The summed E-state index contributed by atoms with van der Waals surface area (Å²) in [5, 5.41) is 3.51. The lowest BCUT2D eigenvalue weighted by atomic mass is 10.1. The van der Waals surface area contributed by atoms with E-state index in [9.17, 15) is 9.59 Å². The monoisotopic (exact) mass is 232 g/mol. The first-order chi connectivity index (χ1) is 7.58. The van der Waals surface area contributed by atoms with Crippen molar-refractivity contribution in [1.29, 1.82) is 0 Å². The highest BCUT2D eigenvalue weighted by atomic mass is 32.1. The topological polar surface area (TPSA) is 59.1 Å². The summed E-state index contributed by atoms with van der Waals surface area (Å²) in [7, 11) is 0. The van der Waals surface area contributed by atoms with Gasteiger partial charge in [-0.3, -0.25) is 9.59 Å². The number of ketones is 1. The molecular formula is C11H8N2O2S. The van der Waals surface area contributed by atoms with Gasteiger partial charge in [-0.25, -0.2) is 4.98 Å². The van der Waals surface area contributed by atoms with Crippen molar-refractivity contribution in [3.8, 4) is 0 Å². The normalized spacial score (nSPS) is 14.4. The van der Waals surface area contributed by atoms with Gasteiger partial charge in [0.15, 0.2) is 0 Å². The van der Waals surface area contributed by atoms with Gasteiger partial charge in [0.05, 0.1) is 5.69 Å². The molecule has 0 spiro atoms. The summed E-state index contributed by atoms with van der Waals surface area (Å²) in [6.45, 7) is 3.87. The van der Waals surface area contributed by atoms with Gasteiger partial charge < -0.3 is 5.32 Å². The second kappa shape index (κ2) is 2.89. The minimum absolute atomic E-state index is 0.449. The number of hydrogen-bond acceptors (Lipinski definition) is 4. The molecule has 0 atom stereocenters. The molecule has 1 aliphatic heterocycles. The molecule has 1 N–H and O–H groups in total. The molecule has 0 radical (unpaired) electrons. The molecule has 0 fully saturated rings. The molecule has 16 heavy (non-hydrogen) atoms. The van der Waals surface area contributed by atoms with Crippen LogP contribution >= 0.6 is 11.3 Å². The zero-order valence-corrected chi connectivity index (χ0v) is 9.57. The van der Waals surface area contributed by atoms with Crippen LogP contribution in [0.4, 0.5) is 5.69 Å². The Kier molecular flexibility index (Phi) is 1.71. The number of anilines is 1. The third kappa shape index (κ3) is 1.06. The van der Waals surface area contributed by atoms with Crippen LogP contribution in [0, 0.1) is 13.8 Å². The number of nitrogens with zero attached hydrogens (tertiary/aromatic N) is 1. The summed E-state index contributed by atoms with van der Waals surface area (Å²) in [6, 6.07) is 1.95. The van der Waals surface area contributed by atoms with E-state index in [0.29, 0.717) is 10.6 Å². The van der Waals surface area contributed by atoms with Gasteiger partial charge in [-0.15, -0.1) is 11.3 Å². The van der Waals surface area contributed by atoms with Gasteiger partial charge in [0, 0.05) is 11.1 Å². The van der Waals surface area contributed by atoms with Crippen LogP contribution < -0.4 is 5.32 Å². The van der Waals surface area contributed by atoms with E-state index in [0.717, 1.165) is 21.5 Å². The van der Waals surface area contributed by atoms with E-state index in [1.165, 1.54) is 11.3 Å². The molecule has 1 amide bonds. The van der Waals surface area contributed by atoms with Crippen molar-refractivity contribution in [1.82, 2.24) is 4.98 Å². The van der Waals surface area contributed by atoms with Crippen LogP contribution in [0.3, 0.4) is 0 Å². The van der Waals surface area contributed by atoms with E-state index in [4.69, 9.17) is 0 Å². The van der Waals surface area contributed by atoms with E-state index >= 15 is 0 Å². The second-order valence-corrected chi connectivity index (χ2v) is 4.85. The van der Waals surface area contributed by atoms with Crippen molar-refractivity contribution in [3.63, 3.8) is 0 Å². The number of carbonyl (C=O) groups is 2. The Balaban J connectivity index is 2.43. The standard InChI is InChI=1S/C11H8N2O2S/c1-4-3-5(2)12-11-6(4)7-9(16-11)8(14)10(15)13-7/h3H,1-2H3,(H,13,14,15). The summed E-state index contributed by atoms with van der Waals surface area (Å²) >= 11 is 1.28. The Morgan fingerprint density at radius 2 is 2.06 bits per heavy atom. The molecule has 1 aliphatic rings. The Labute approximate surface area is 95.3 Å². The van der Waals surface area contributed by atoms with Crippen molar-refractivity contribution in [3.05, 3.63) is 22.2 Å². The molecule has 0 unspecified atom stereocenters. The van der Waals surface area contributed by atoms with Crippen LogP contribution in [0.2, 0.25) is 0 Å². The lowest BCUT2D eigenvalue weighted by molar-refractivity contribution is -0.112. The fourth-order valence-electron chi connectivity index (χ4n) is 1.99. The Bertz CT molecular complexity index is 658. The van der Waals surface area contributed by atoms with E-state index in [2.05, 4.69) is 10.3 Å². The average molecular weight is 232 g/mol. The summed E-state index contributed by atoms with van der Waals surface area (Å²) in [4.78, 5) is 28.4. The summed E-state index contributed by atoms with van der Waals surface area (Å²) in [5.74, 6) is -0.988. The van der Waals surface area contributed by atoms with Crippen molar-refractivity contribution in [2.24, 2.45) is 0 Å². The predicted molar refractivity (Wildman–Crippen MR) is 62.1 cm³/mol. The average Bonchev–Trinajstić information content (AvgIpc) is 2.66. The molecule has 2 aromatic heterocycles. The largest absolute Gasteiger partial charge is 0.317 e. The number of thiophene rings is 1. The summed E-state index contributed by atoms with van der Waals surface area (Å²) in [6.07, 6.45) is 0. The van der Waals surface area contributed by atoms with Gasteiger partial charge in [-0.2, -0.15) is 0 Å². The Hall–Kier alpha value is -1.75. The highest BCUT2D eigenvalue weighted by Gasteiger charge is 2.33. The van der Waals surface area contributed by atoms with Crippen molar-refractivity contribution < 1.29 is 9.59 Å². The lowest BCUT2D eigenvalue weighted by Gasteiger charge is -2.00. The van der Waals surface area contributed by atoms with Gasteiger partial charge in [0.25, 0.3) is 11.7 Å². The van der Waals surface area contributed by atoms with Gasteiger partial charge in [-0.05, 0) is 25.5 Å². The fraction of sp³-hybridized carbons (Fsp3) is 0.182. The maximum absolute atomic E-state index is 11.5. The predicted octanol–water partition coefficient (Wildman–Crippen LogP) is 2.05. The molecule has 5 heteroatoms. The number of nitrogens with one attached hydrogen (secondary N) is 1. The number of amides is 1. The molecule has 2 aromatic rings. The fourth-order valence-corrected chi connectivity index (χ4v) is 3.18. The number of pyridine rings is 1. The lowest BCUT2D eigenvalue weighted by Crippen LogP contribution is -2.12. The van der Waals surface area contributed by atoms with Crippen LogP contribution in [-0.4, -0.2) is 16.7 Å². The number of aryl methyl sites for hydroxylation is 2. The Morgan fingerprint density at radius 1 is 1.31 bits per heavy atom. The minimum atomic E-state index is -0.539. The molecule has 3 rings (SSSR count). The van der Waals surface area contributed by atoms with E-state index < -0.39 is 11.7 Å². The molecular weight excluding hydrogens is 224 g/mol. The van der Waals surface area contributed by atoms with Gasteiger partial charge >= 0.3 is 0 Å². The third-order valence-corrected chi connectivity index (χ3v) is 3.72. The molecule has 80 valence electrons. The second-order valence-electron chi connectivity index (χ2n) is 3.85. The number of fused-ring (bicyclic) bond motifs is 3. The van der Waals surface area contributed by atoms with Crippen LogP contribution in [-0.2, 0) is 4.79 Å². The highest BCUT2D eigenvalue weighted by Crippen LogP contribution is 2.40. The molecule has 0 saturated heterocycles. The maximum Gasteiger partial charge on any atom is 0.297 e. The van der Waals surface area contributed by atoms with Gasteiger partial charge in [-0.1, -0.05) is 0 Å². The van der Waals surface area contributed by atoms with Gasteiger partial charge in [0.1, 0.15) is 9.71 Å². The summed E-state index contributed by atoms with van der Waals surface area (Å²) < 4.78 is 0. The SMILES string of the molecule is Cc1cc(C)c2c3c(sc2n1)C(=O)C(=O)N3. The van der Waals surface area contributed by atoms with Crippen molar-refractivity contribution in [2.75, 3.05) is 5.32 Å². The molecule has 3 heterocycles. The maximum atomic E-state index is 11.5. The quantitative estimate of drug-likeness (QED) is 0.707. The van der Waals surface area contributed by atoms with Crippen LogP contribution in [0.1, 0.15) is 20.9 Å². The third-order valence-electron chi connectivity index (χ3n) is 2.64. The first-order valence-electron chi connectivity index (χ1n) is 4.84. The zero-order valence-electron chi connectivity index (χ0n) is 8.75. The smallest absolute Gasteiger partial charge is 0.297 e. The molecule has 0 aliphatic carbocycles. The van der Waals surface area contributed by atoms with Crippen molar-refractivity contribution >= 4 is 38.9 Å². The van der Waals surface area contributed by atoms with Crippen LogP contribution in [0.5, 0.6) is 0 Å². The van der Waals surface area contributed by atoms with E-state index in [1.54, 1.807) is 0 Å². The molecule has 0 aromatic carbocycles. The van der Waals surface area contributed by atoms with Crippen LogP contribution in [0.25, 0.3) is 10.2 Å². The molecule has 0 saturated carbocycles.